The lowest BCUT2D eigenvalue weighted by Gasteiger charge is -2.00. The van der Waals surface area contributed by atoms with Crippen molar-refractivity contribution in [3.63, 3.8) is 0 Å². The Balaban J connectivity index is 1.72. The SMILES string of the molecule is O=C(Nc1ccnnc1)c1csc(C2CC2)n1. The van der Waals surface area contributed by atoms with E-state index >= 15 is 0 Å². The molecule has 2 aromatic rings. The van der Waals surface area contributed by atoms with Crippen molar-refractivity contribution in [3.05, 3.63) is 34.5 Å². The first-order valence-electron chi connectivity index (χ1n) is 5.36. The van der Waals surface area contributed by atoms with E-state index in [1.54, 1.807) is 22.8 Å². The third-order valence-corrected chi connectivity index (χ3v) is 3.53. The molecule has 1 N–H and O–H groups in total. The van der Waals surface area contributed by atoms with Gasteiger partial charge < -0.3 is 5.32 Å². The van der Waals surface area contributed by atoms with Gasteiger partial charge in [-0.15, -0.1) is 11.3 Å². The molecule has 1 saturated carbocycles. The van der Waals surface area contributed by atoms with Gasteiger partial charge in [0, 0.05) is 11.3 Å². The van der Waals surface area contributed by atoms with Crippen LogP contribution >= 0.6 is 11.3 Å². The number of carbonyl (C=O) groups is 1. The highest BCUT2D eigenvalue weighted by atomic mass is 32.1. The summed E-state index contributed by atoms with van der Waals surface area (Å²) < 4.78 is 0. The summed E-state index contributed by atoms with van der Waals surface area (Å²) in [7, 11) is 0. The molecule has 5 nitrogen and oxygen atoms in total. The van der Waals surface area contributed by atoms with Crippen LogP contribution in [0, 0.1) is 0 Å². The molecule has 0 saturated heterocycles. The summed E-state index contributed by atoms with van der Waals surface area (Å²) in [5, 5.41) is 12.9. The van der Waals surface area contributed by atoms with Crippen LogP contribution in [-0.2, 0) is 0 Å². The second kappa shape index (κ2) is 4.21. The van der Waals surface area contributed by atoms with Gasteiger partial charge in [0.1, 0.15) is 5.69 Å². The minimum atomic E-state index is -0.193. The van der Waals surface area contributed by atoms with E-state index in [0.29, 0.717) is 17.3 Å². The van der Waals surface area contributed by atoms with Gasteiger partial charge in [-0.1, -0.05) is 0 Å². The Labute approximate surface area is 102 Å². The molecular weight excluding hydrogens is 236 g/mol. The second-order valence-electron chi connectivity index (χ2n) is 3.93. The number of nitrogens with one attached hydrogen (secondary N) is 1. The predicted octanol–water partition coefficient (Wildman–Crippen LogP) is 2.06. The molecule has 0 spiro atoms. The van der Waals surface area contributed by atoms with Gasteiger partial charge in [0.05, 0.1) is 23.1 Å². The molecule has 0 unspecified atom stereocenters. The van der Waals surface area contributed by atoms with E-state index in [-0.39, 0.29) is 5.91 Å². The topological polar surface area (TPSA) is 67.8 Å². The molecule has 1 fully saturated rings. The molecule has 0 bridgehead atoms. The van der Waals surface area contributed by atoms with Crippen LogP contribution in [0.25, 0.3) is 0 Å². The average molecular weight is 246 g/mol. The predicted molar refractivity (Wildman–Crippen MR) is 64.1 cm³/mol. The molecule has 0 aliphatic heterocycles. The van der Waals surface area contributed by atoms with Crippen LogP contribution in [-0.4, -0.2) is 21.1 Å². The molecule has 0 atom stereocenters. The number of amides is 1. The molecule has 86 valence electrons. The highest BCUT2D eigenvalue weighted by Gasteiger charge is 2.27. The largest absolute Gasteiger partial charge is 0.319 e. The van der Waals surface area contributed by atoms with Crippen LogP contribution in [0.3, 0.4) is 0 Å². The van der Waals surface area contributed by atoms with E-state index in [4.69, 9.17) is 0 Å². The van der Waals surface area contributed by atoms with Gasteiger partial charge in [0.25, 0.3) is 5.91 Å². The molecular formula is C11H10N4OS. The van der Waals surface area contributed by atoms with Crippen molar-refractivity contribution in [2.24, 2.45) is 0 Å². The Bertz CT molecular complexity index is 535. The van der Waals surface area contributed by atoms with Crippen LogP contribution in [0.5, 0.6) is 0 Å². The Kier molecular flexibility index (Phi) is 2.56. The molecule has 0 aromatic carbocycles. The maximum absolute atomic E-state index is 11.9. The summed E-state index contributed by atoms with van der Waals surface area (Å²) in [6, 6.07) is 1.69. The highest BCUT2D eigenvalue weighted by Crippen LogP contribution is 2.41. The zero-order chi connectivity index (χ0) is 11.7. The van der Waals surface area contributed by atoms with E-state index in [1.165, 1.54) is 25.2 Å². The Morgan fingerprint density at radius 2 is 2.29 bits per heavy atom. The lowest BCUT2D eigenvalue weighted by molar-refractivity contribution is 0.102. The molecule has 6 heteroatoms. The molecule has 17 heavy (non-hydrogen) atoms. The zero-order valence-corrected chi connectivity index (χ0v) is 9.78. The minimum Gasteiger partial charge on any atom is -0.319 e. The fourth-order valence-electron chi connectivity index (χ4n) is 1.47. The fourth-order valence-corrected chi connectivity index (χ4v) is 2.44. The van der Waals surface area contributed by atoms with Crippen LogP contribution in [0.4, 0.5) is 5.69 Å². The number of hydrogen-bond donors (Lipinski definition) is 1. The lowest BCUT2D eigenvalue weighted by Crippen LogP contribution is -2.12. The van der Waals surface area contributed by atoms with Gasteiger partial charge in [-0.2, -0.15) is 10.2 Å². The first kappa shape index (κ1) is 10.3. The molecule has 2 heterocycles. The first-order valence-corrected chi connectivity index (χ1v) is 6.24. The monoisotopic (exact) mass is 246 g/mol. The number of thiazole rings is 1. The molecule has 1 aliphatic carbocycles. The summed E-state index contributed by atoms with van der Waals surface area (Å²) in [5.74, 6) is 0.394. The van der Waals surface area contributed by atoms with E-state index in [1.807, 2.05) is 0 Å². The summed E-state index contributed by atoms with van der Waals surface area (Å²) in [5.41, 5.74) is 1.11. The first-order chi connectivity index (χ1) is 8.33. The second-order valence-corrected chi connectivity index (χ2v) is 4.82. The van der Waals surface area contributed by atoms with Crippen molar-refractivity contribution in [1.29, 1.82) is 0 Å². The third-order valence-electron chi connectivity index (χ3n) is 2.52. The number of aromatic nitrogens is 3. The van der Waals surface area contributed by atoms with Crippen molar-refractivity contribution in [2.45, 2.75) is 18.8 Å². The zero-order valence-electron chi connectivity index (χ0n) is 8.96. The van der Waals surface area contributed by atoms with E-state index < -0.39 is 0 Å². The summed E-state index contributed by atoms with van der Waals surface area (Å²) in [6.07, 6.45) is 5.43. The van der Waals surface area contributed by atoms with Crippen LogP contribution in [0.2, 0.25) is 0 Å². The van der Waals surface area contributed by atoms with Gasteiger partial charge >= 0.3 is 0 Å². The Morgan fingerprint density at radius 3 is 3.00 bits per heavy atom. The summed E-state index contributed by atoms with van der Waals surface area (Å²) in [4.78, 5) is 16.2. The van der Waals surface area contributed by atoms with Crippen molar-refractivity contribution >= 4 is 22.9 Å². The van der Waals surface area contributed by atoms with E-state index in [9.17, 15) is 4.79 Å². The minimum absolute atomic E-state index is 0.193. The number of anilines is 1. The van der Waals surface area contributed by atoms with Gasteiger partial charge in [0.2, 0.25) is 0 Å². The normalized spacial score (nSPS) is 14.6. The van der Waals surface area contributed by atoms with Gasteiger partial charge in [-0.3, -0.25) is 4.79 Å². The van der Waals surface area contributed by atoms with E-state index in [2.05, 4.69) is 20.5 Å². The van der Waals surface area contributed by atoms with Crippen LogP contribution < -0.4 is 5.32 Å². The van der Waals surface area contributed by atoms with Crippen LogP contribution in [0.15, 0.2) is 23.8 Å². The highest BCUT2D eigenvalue weighted by molar-refractivity contribution is 7.10. The number of rotatable bonds is 3. The van der Waals surface area contributed by atoms with Crippen molar-refractivity contribution in [1.82, 2.24) is 15.2 Å². The number of nitrogens with zero attached hydrogens (tertiary/aromatic N) is 3. The Hall–Kier alpha value is -1.82. The van der Waals surface area contributed by atoms with Gasteiger partial charge in [-0.05, 0) is 18.9 Å². The molecule has 1 amide bonds. The van der Waals surface area contributed by atoms with E-state index in [0.717, 1.165) is 5.01 Å². The fraction of sp³-hybridized carbons (Fsp3) is 0.273. The maximum Gasteiger partial charge on any atom is 0.275 e. The summed E-state index contributed by atoms with van der Waals surface area (Å²) >= 11 is 1.56. The number of carbonyl (C=O) groups excluding carboxylic acids is 1. The van der Waals surface area contributed by atoms with Crippen molar-refractivity contribution in [3.8, 4) is 0 Å². The summed E-state index contributed by atoms with van der Waals surface area (Å²) in [6.45, 7) is 0. The Morgan fingerprint density at radius 1 is 1.41 bits per heavy atom. The smallest absolute Gasteiger partial charge is 0.275 e. The van der Waals surface area contributed by atoms with Crippen molar-refractivity contribution < 1.29 is 4.79 Å². The third kappa shape index (κ3) is 2.31. The quantitative estimate of drug-likeness (QED) is 0.900. The van der Waals surface area contributed by atoms with Crippen LogP contribution in [0.1, 0.15) is 34.3 Å². The maximum atomic E-state index is 11.9. The molecule has 1 aliphatic rings. The average Bonchev–Trinajstić information content (AvgIpc) is 3.08. The molecule has 3 rings (SSSR count). The molecule has 0 radical (unpaired) electrons. The molecule has 2 aromatic heterocycles. The van der Waals surface area contributed by atoms with Gasteiger partial charge in [-0.25, -0.2) is 4.98 Å². The van der Waals surface area contributed by atoms with Gasteiger partial charge in [0.15, 0.2) is 0 Å². The standard InChI is InChI=1S/C11H10N4OS/c16-10(14-8-3-4-12-13-5-8)9-6-17-11(15-9)7-1-2-7/h3-7H,1-2H2,(H,12,14,16). The lowest BCUT2D eigenvalue weighted by atomic mass is 10.4. The number of hydrogen-bond acceptors (Lipinski definition) is 5. The van der Waals surface area contributed by atoms with Crippen molar-refractivity contribution in [2.75, 3.05) is 5.32 Å².